The Hall–Kier alpha value is -2.10. The number of H-pyrrole nitrogens is 1. The van der Waals surface area contributed by atoms with Crippen molar-refractivity contribution in [1.29, 1.82) is 0 Å². The predicted octanol–water partition coefficient (Wildman–Crippen LogP) is 3.17. The molecule has 1 N–H and O–H groups in total. The van der Waals surface area contributed by atoms with Gasteiger partial charge in [0.15, 0.2) is 5.78 Å². The molecule has 1 aliphatic carbocycles. The number of fused-ring (bicyclic) bond motifs is 3. The topological polar surface area (TPSA) is 59.2 Å². The molecule has 1 aliphatic rings. The van der Waals surface area contributed by atoms with Gasteiger partial charge in [0.1, 0.15) is 0 Å². The summed E-state index contributed by atoms with van der Waals surface area (Å²) in [6.45, 7) is 4.18. The van der Waals surface area contributed by atoms with Crippen molar-refractivity contribution in [3.8, 4) is 0 Å². The van der Waals surface area contributed by atoms with Crippen LogP contribution in [0.2, 0.25) is 0 Å². The minimum Gasteiger partial charge on any atom is -0.466 e. The van der Waals surface area contributed by atoms with Crippen molar-refractivity contribution in [2.24, 2.45) is 5.92 Å². The maximum absolute atomic E-state index is 12.6. The Bertz CT molecular complexity index is 714. The Balaban J connectivity index is 1.91. The molecular formula is C17H19NO3. The van der Waals surface area contributed by atoms with E-state index >= 15 is 0 Å². The molecule has 2 aromatic rings. The molecule has 21 heavy (non-hydrogen) atoms. The molecule has 0 amide bonds. The lowest BCUT2D eigenvalue weighted by Crippen LogP contribution is -2.25. The average molecular weight is 285 g/mol. The van der Waals surface area contributed by atoms with E-state index in [2.05, 4.69) is 11.1 Å². The van der Waals surface area contributed by atoms with Gasteiger partial charge < -0.3 is 9.72 Å². The highest BCUT2D eigenvalue weighted by Gasteiger charge is 2.32. The molecule has 1 heterocycles. The second kappa shape index (κ2) is 5.35. The van der Waals surface area contributed by atoms with Crippen LogP contribution in [0.4, 0.5) is 0 Å². The highest BCUT2D eigenvalue weighted by atomic mass is 16.5. The van der Waals surface area contributed by atoms with Crippen LogP contribution in [0.5, 0.6) is 0 Å². The van der Waals surface area contributed by atoms with E-state index in [-0.39, 0.29) is 24.1 Å². The molecule has 0 saturated heterocycles. The summed E-state index contributed by atoms with van der Waals surface area (Å²) in [7, 11) is 0. The predicted molar refractivity (Wildman–Crippen MR) is 80.4 cm³/mol. The third-order valence-electron chi connectivity index (χ3n) is 4.14. The summed E-state index contributed by atoms with van der Waals surface area (Å²) in [6, 6.07) is 6.16. The van der Waals surface area contributed by atoms with Crippen molar-refractivity contribution >= 4 is 22.7 Å². The first-order valence-electron chi connectivity index (χ1n) is 7.41. The van der Waals surface area contributed by atoms with Crippen LogP contribution in [-0.2, 0) is 16.0 Å². The first kappa shape index (κ1) is 13.9. The molecule has 4 heteroatoms. The number of carbonyl (C=O) groups excluding carboxylic acids is 2. The summed E-state index contributed by atoms with van der Waals surface area (Å²) >= 11 is 0. The number of carbonyl (C=O) groups is 2. The minimum absolute atomic E-state index is 0.0400. The van der Waals surface area contributed by atoms with Gasteiger partial charge in [-0.25, -0.2) is 0 Å². The zero-order valence-corrected chi connectivity index (χ0v) is 12.4. The lowest BCUT2D eigenvalue weighted by atomic mass is 9.84. The molecule has 0 radical (unpaired) electrons. The second-order valence-corrected chi connectivity index (χ2v) is 5.64. The molecular weight excluding hydrogens is 266 g/mol. The molecule has 1 unspecified atom stereocenters. The normalized spacial score (nSPS) is 17.8. The molecule has 1 aromatic heterocycles. The highest BCUT2D eigenvalue weighted by molar-refractivity contribution is 6.05. The van der Waals surface area contributed by atoms with Gasteiger partial charge in [-0.2, -0.15) is 0 Å². The molecule has 1 atom stereocenters. The Morgan fingerprint density at radius 2 is 2.24 bits per heavy atom. The monoisotopic (exact) mass is 285 g/mol. The van der Waals surface area contributed by atoms with E-state index < -0.39 is 0 Å². The Labute approximate surface area is 123 Å². The largest absolute Gasteiger partial charge is 0.466 e. The molecule has 0 spiro atoms. The van der Waals surface area contributed by atoms with Gasteiger partial charge >= 0.3 is 5.97 Å². The van der Waals surface area contributed by atoms with Crippen molar-refractivity contribution in [3.05, 3.63) is 35.0 Å². The number of Topliss-reactive ketones (excluding diaryl/α,β-unsaturated/α-hetero) is 1. The molecule has 0 saturated carbocycles. The molecule has 0 bridgehead atoms. The van der Waals surface area contributed by atoms with E-state index in [1.54, 1.807) is 6.92 Å². The number of aryl methyl sites for hydroxylation is 2. The van der Waals surface area contributed by atoms with Crippen molar-refractivity contribution in [2.75, 3.05) is 6.61 Å². The van der Waals surface area contributed by atoms with Gasteiger partial charge in [0.05, 0.1) is 18.7 Å². The van der Waals surface area contributed by atoms with Crippen LogP contribution < -0.4 is 0 Å². The molecule has 4 nitrogen and oxygen atoms in total. The summed E-state index contributed by atoms with van der Waals surface area (Å²) in [5.41, 5.74) is 3.95. The molecule has 110 valence electrons. The number of aromatic amines is 1. The second-order valence-electron chi connectivity index (χ2n) is 5.64. The lowest BCUT2D eigenvalue weighted by Gasteiger charge is -2.20. The SMILES string of the molecule is CCOC(=O)CC1CCc2c([nH]c3ccc(C)cc23)C1=O. The maximum atomic E-state index is 12.6. The van der Waals surface area contributed by atoms with Gasteiger partial charge in [-0.05, 0) is 44.4 Å². The maximum Gasteiger partial charge on any atom is 0.306 e. The molecule has 3 rings (SSSR count). The summed E-state index contributed by atoms with van der Waals surface area (Å²) in [6.07, 6.45) is 1.72. The zero-order valence-electron chi connectivity index (χ0n) is 12.4. The molecule has 0 fully saturated rings. The fourth-order valence-electron chi connectivity index (χ4n) is 3.10. The van der Waals surface area contributed by atoms with Crippen molar-refractivity contribution < 1.29 is 14.3 Å². The molecule has 1 aromatic carbocycles. The number of esters is 1. The minimum atomic E-state index is -0.286. The number of nitrogens with one attached hydrogen (secondary N) is 1. The highest BCUT2D eigenvalue weighted by Crippen LogP contribution is 2.33. The lowest BCUT2D eigenvalue weighted by molar-refractivity contribution is -0.143. The van der Waals surface area contributed by atoms with Crippen LogP contribution >= 0.6 is 0 Å². The smallest absolute Gasteiger partial charge is 0.306 e. The Morgan fingerprint density at radius 3 is 3.00 bits per heavy atom. The van der Waals surface area contributed by atoms with Gasteiger partial charge in [0.2, 0.25) is 0 Å². The van der Waals surface area contributed by atoms with Crippen LogP contribution in [0.1, 0.15) is 41.4 Å². The third-order valence-corrected chi connectivity index (χ3v) is 4.14. The number of hydrogen-bond donors (Lipinski definition) is 1. The van der Waals surface area contributed by atoms with Crippen LogP contribution in [0.25, 0.3) is 10.9 Å². The first-order valence-corrected chi connectivity index (χ1v) is 7.41. The summed E-state index contributed by atoms with van der Waals surface area (Å²) < 4.78 is 4.95. The van der Waals surface area contributed by atoms with Crippen molar-refractivity contribution in [1.82, 2.24) is 4.98 Å². The van der Waals surface area contributed by atoms with Crippen LogP contribution in [0, 0.1) is 12.8 Å². The summed E-state index contributed by atoms with van der Waals surface area (Å²) in [5.74, 6) is -0.505. The number of rotatable bonds is 3. The van der Waals surface area contributed by atoms with E-state index in [1.807, 2.05) is 19.1 Å². The van der Waals surface area contributed by atoms with Crippen LogP contribution in [0.15, 0.2) is 18.2 Å². The quantitative estimate of drug-likeness (QED) is 0.881. The molecule has 0 aliphatic heterocycles. The van der Waals surface area contributed by atoms with Gasteiger partial charge in [0, 0.05) is 16.8 Å². The van der Waals surface area contributed by atoms with Crippen molar-refractivity contribution in [2.45, 2.75) is 33.1 Å². The van der Waals surface area contributed by atoms with Gasteiger partial charge in [0.25, 0.3) is 0 Å². The van der Waals surface area contributed by atoms with E-state index in [9.17, 15) is 9.59 Å². The van der Waals surface area contributed by atoms with E-state index in [0.29, 0.717) is 18.7 Å². The third kappa shape index (κ3) is 2.46. The zero-order chi connectivity index (χ0) is 15.0. The van der Waals surface area contributed by atoms with Crippen LogP contribution in [0.3, 0.4) is 0 Å². The van der Waals surface area contributed by atoms with E-state index in [4.69, 9.17) is 4.74 Å². The Morgan fingerprint density at radius 1 is 1.43 bits per heavy atom. The Kier molecular flexibility index (Phi) is 3.53. The summed E-state index contributed by atoms with van der Waals surface area (Å²) in [4.78, 5) is 27.4. The van der Waals surface area contributed by atoms with Crippen molar-refractivity contribution in [3.63, 3.8) is 0 Å². The fraction of sp³-hybridized carbons (Fsp3) is 0.412. The van der Waals surface area contributed by atoms with Gasteiger partial charge in [-0.3, -0.25) is 9.59 Å². The first-order chi connectivity index (χ1) is 10.1. The number of aromatic nitrogens is 1. The van der Waals surface area contributed by atoms with E-state index in [0.717, 1.165) is 22.9 Å². The van der Waals surface area contributed by atoms with Gasteiger partial charge in [-0.1, -0.05) is 11.6 Å². The average Bonchev–Trinajstić information content (AvgIpc) is 2.81. The number of ether oxygens (including phenoxy) is 1. The standard InChI is InChI=1S/C17H19NO3/c1-3-21-15(19)9-11-5-6-12-13-8-10(2)4-7-14(13)18-16(12)17(11)20/h4,7-8,11,18H,3,5-6,9H2,1-2H3. The summed E-state index contributed by atoms with van der Waals surface area (Å²) in [5, 5.41) is 1.13. The fourth-order valence-corrected chi connectivity index (χ4v) is 3.10. The van der Waals surface area contributed by atoms with Crippen LogP contribution in [-0.4, -0.2) is 23.3 Å². The van der Waals surface area contributed by atoms with E-state index in [1.165, 1.54) is 5.56 Å². The number of benzene rings is 1. The number of hydrogen-bond acceptors (Lipinski definition) is 3. The number of ketones is 1. The van der Waals surface area contributed by atoms with Gasteiger partial charge in [-0.15, -0.1) is 0 Å².